The lowest BCUT2D eigenvalue weighted by Gasteiger charge is -2.30. The summed E-state index contributed by atoms with van der Waals surface area (Å²) in [5.41, 5.74) is -0.571. The Morgan fingerprint density at radius 2 is 2.24 bits per heavy atom. The fourth-order valence-electron chi connectivity index (χ4n) is 2.05. The van der Waals surface area contributed by atoms with Gasteiger partial charge in [0, 0.05) is 11.0 Å². The molecule has 0 aliphatic carbocycles. The molecule has 0 aromatic rings. The van der Waals surface area contributed by atoms with Gasteiger partial charge in [-0.05, 0) is 39.8 Å². The minimum atomic E-state index is -0.571. The second-order valence-electron chi connectivity index (χ2n) is 6.05. The largest absolute Gasteiger partial charge is 0.486 e. The van der Waals surface area contributed by atoms with E-state index in [1.807, 2.05) is 26.8 Å². The van der Waals surface area contributed by atoms with Gasteiger partial charge in [0.05, 0.1) is 6.54 Å². The highest BCUT2D eigenvalue weighted by Crippen LogP contribution is 2.30. The molecule has 0 bridgehead atoms. The first-order chi connectivity index (χ1) is 9.76. The zero-order valence-corrected chi connectivity index (χ0v) is 14.8. The Balaban J connectivity index is 2.13. The predicted octanol–water partition coefficient (Wildman–Crippen LogP) is 3.30. The van der Waals surface area contributed by atoms with Crippen LogP contribution >= 0.6 is 27.5 Å². The molecule has 2 heterocycles. The van der Waals surface area contributed by atoms with Crippen molar-refractivity contribution in [2.75, 3.05) is 19.6 Å². The van der Waals surface area contributed by atoms with E-state index in [1.165, 1.54) is 4.90 Å². The van der Waals surface area contributed by atoms with Crippen molar-refractivity contribution in [2.24, 2.45) is 0 Å². The van der Waals surface area contributed by atoms with Crippen LogP contribution in [0.25, 0.3) is 0 Å². The summed E-state index contributed by atoms with van der Waals surface area (Å²) in [5, 5.41) is 3.49. The van der Waals surface area contributed by atoms with Crippen LogP contribution in [0, 0.1) is 0 Å². The molecule has 1 N–H and O–H groups in total. The fourth-order valence-corrected chi connectivity index (χ4v) is 2.74. The smallest absolute Gasteiger partial charge is 0.415 e. The van der Waals surface area contributed by atoms with E-state index in [-0.39, 0.29) is 11.3 Å². The van der Waals surface area contributed by atoms with Crippen molar-refractivity contribution in [2.45, 2.75) is 38.9 Å². The van der Waals surface area contributed by atoms with Crippen LogP contribution in [0.5, 0.6) is 0 Å². The topological polar surface area (TPSA) is 50.8 Å². The van der Waals surface area contributed by atoms with Crippen molar-refractivity contribution in [3.63, 3.8) is 0 Å². The monoisotopic (exact) mass is 378 g/mol. The third kappa shape index (κ3) is 4.63. The lowest BCUT2D eigenvalue weighted by Crippen LogP contribution is -2.38. The van der Waals surface area contributed by atoms with Crippen molar-refractivity contribution in [3.8, 4) is 0 Å². The van der Waals surface area contributed by atoms with Gasteiger partial charge in [0.2, 0.25) is 0 Å². The second-order valence-corrected chi connectivity index (χ2v) is 7.42. The predicted molar refractivity (Wildman–Crippen MR) is 85.2 cm³/mol. The van der Waals surface area contributed by atoms with Gasteiger partial charge >= 0.3 is 6.09 Å². The number of amides is 1. The zero-order valence-electron chi connectivity index (χ0n) is 12.4. The van der Waals surface area contributed by atoms with Crippen molar-refractivity contribution in [1.29, 1.82) is 0 Å². The number of nitrogens with zero attached hydrogens (tertiary/aromatic N) is 1. The van der Waals surface area contributed by atoms with E-state index in [1.54, 1.807) is 0 Å². The normalized spacial score (nSPS) is 23.2. The van der Waals surface area contributed by atoms with Crippen LogP contribution < -0.4 is 5.32 Å². The van der Waals surface area contributed by atoms with E-state index in [4.69, 9.17) is 21.1 Å². The molecular formula is C14H20BrClN2O3. The molecule has 2 aliphatic rings. The Bertz CT molecular complexity index is 479. The van der Waals surface area contributed by atoms with Gasteiger partial charge < -0.3 is 14.8 Å². The van der Waals surface area contributed by atoms with Crippen LogP contribution in [0.2, 0.25) is 0 Å². The highest BCUT2D eigenvalue weighted by molar-refractivity contribution is 9.11. The second kappa shape index (κ2) is 6.58. The molecule has 1 amide bonds. The van der Waals surface area contributed by atoms with Gasteiger partial charge in [0.15, 0.2) is 10.9 Å². The highest BCUT2D eigenvalue weighted by atomic mass is 79.9. The summed E-state index contributed by atoms with van der Waals surface area (Å²) in [6, 6.07) is 0. The molecule has 21 heavy (non-hydrogen) atoms. The zero-order chi connectivity index (χ0) is 15.6. The van der Waals surface area contributed by atoms with Crippen LogP contribution in [0.1, 0.15) is 27.2 Å². The minimum Gasteiger partial charge on any atom is -0.486 e. The molecule has 1 saturated heterocycles. The number of nitrogens with one attached hydrogen (secondary N) is 1. The molecule has 1 unspecified atom stereocenters. The Kier molecular flexibility index (Phi) is 5.22. The number of carbonyl (C=O) groups is 1. The first-order valence-corrected chi connectivity index (χ1v) is 8.07. The summed E-state index contributed by atoms with van der Waals surface area (Å²) < 4.78 is 12.1. The molecule has 7 heteroatoms. The molecule has 1 fully saturated rings. The molecule has 118 valence electrons. The SMILES string of the molecule is CC(C)(C)OC(=O)N1CC(Br)=CC(OC2CCNC2)=C1Cl. The van der Waals surface area contributed by atoms with Crippen LogP contribution in [-0.4, -0.2) is 42.3 Å². The third-order valence-corrected chi connectivity index (χ3v) is 3.83. The van der Waals surface area contributed by atoms with Gasteiger partial charge in [0.1, 0.15) is 11.7 Å². The van der Waals surface area contributed by atoms with Gasteiger partial charge in [-0.3, -0.25) is 4.90 Å². The molecule has 0 radical (unpaired) electrons. The Morgan fingerprint density at radius 3 is 2.81 bits per heavy atom. The van der Waals surface area contributed by atoms with Gasteiger partial charge in [-0.1, -0.05) is 27.5 Å². The summed E-state index contributed by atoms with van der Waals surface area (Å²) in [4.78, 5) is 13.6. The number of hydrogen-bond acceptors (Lipinski definition) is 4. The van der Waals surface area contributed by atoms with Crippen molar-refractivity contribution < 1.29 is 14.3 Å². The Morgan fingerprint density at radius 1 is 1.52 bits per heavy atom. The van der Waals surface area contributed by atoms with Crippen molar-refractivity contribution >= 4 is 33.6 Å². The number of halogens is 2. The molecule has 0 spiro atoms. The maximum Gasteiger partial charge on any atom is 0.415 e. The van der Waals surface area contributed by atoms with Crippen molar-refractivity contribution in [3.05, 3.63) is 21.5 Å². The molecule has 2 rings (SSSR count). The van der Waals surface area contributed by atoms with Gasteiger partial charge in [-0.2, -0.15) is 0 Å². The summed E-state index contributed by atoms with van der Waals surface area (Å²) in [6.45, 7) is 7.50. The van der Waals surface area contributed by atoms with Crippen molar-refractivity contribution in [1.82, 2.24) is 10.2 Å². The average molecular weight is 380 g/mol. The van der Waals surface area contributed by atoms with Crippen LogP contribution in [0.3, 0.4) is 0 Å². The maximum atomic E-state index is 12.2. The first-order valence-electron chi connectivity index (χ1n) is 6.90. The van der Waals surface area contributed by atoms with Gasteiger partial charge in [-0.15, -0.1) is 0 Å². The van der Waals surface area contributed by atoms with Crippen LogP contribution in [-0.2, 0) is 9.47 Å². The maximum absolute atomic E-state index is 12.2. The molecular weight excluding hydrogens is 360 g/mol. The van der Waals surface area contributed by atoms with E-state index in [0.29, 0.717) is 12.3 Å². The number of hydrogen-bond donors (Lipinski definition) is 1. The number of rotatable bonds is 2. The van der Waals surface area contributed by atoms with E-state index in [2.05, 4.69) is 21.2 Å². The van der Waals surface area contributed by atoms with E-state index >= 15 is 0 Å². The van der Waals surface area contributed by atoms with E-state index in [9.17, 15) is 4.79 Å². The Labute approximate surface area is 138 Å². The summed E-state index contributed by atoms with van der Waals surface area (Å²) in [5.74, 6) is 0.495. The molecule has 2 aliphatic heterocycles. The fraction of sp³-hybridized carbons (Fsp3) is 0.643. The first kappa shape index (κ1) is 16.6. The van der Waals surface area contributed by atoms with E-state index in [0.717, 1.165) is 24.0 Å². The number of ether oxygens (including phenoxy) is 2. The van der Waals surface area contributed by atoms with Gasteiger partial charge in [0.25, 0.3) is 0 Å². The molecule has 0 aromatic heterocycles. The Hall–Kier alpha value is -0.720. The van der Waals surface area contributed by atoms with Crippen LogP contribution in [0.4, 0.5) is 4.79 Å². The summed E-state index contributed by atoms with van der Waals surface area (Å²) in [6.07, 6.45) is 2.32. The van der Waals surface area contributed by atoms with Crippen LogP contribution in [0.15, 0.2) is 21.5 Å². The minimum absolute atomic E-state index is 0.0730. The lowest BCUT2D eigenvalue weighted by molar-refractivity contribution is 0.0322. The number of carbonyl (C=O) groups excluding carboxylic acids is 1. The van der Waals surface area contributed by atoms with Gasteiger partial charge in [-0.25, -0.2) is 4.79 Å². The number of allylic oxidation sites excluding steroid dienone is 1. The molecule has 0 aromatic carbocycles. The van der Waals surface area contributed by atoms with E-state index < -0.39 is 11.7 Å². The lowest BCUT2D eigenvalue weighted by atomic mass is 10.2. The third-order valence-electron chi connectivity index (χ3n) is 2.96. The standard InChI is InChI=1S/C14H20BrClN2O3/c1-14(2,3)21-13(19)18-8-9(15)6-11(12(18)16)20-10-4-5-17-7-10/h6,10,17H,4-5,7-8H2,1-3H3. The highest BCUT2D eigenvalue weighted by Gasteiger charge is 2.30. The molecule has 0 saturated carbocycles. The summed E-state index contributed by atoms with van der Waals surface area (Å²) >= 11 is 9.73. The summed E-state index contributed by atoms with van der Waals surface area (Å²) in [7, 11) is 0. The molecule has 5 nitrogen and oxygen atoms in total. The average Bonchev–Trinajstić information content (AvgIpc) is 2.84. The quantitative estimate of drug-likeness (QED) is 0.748. The molecule has 1 atom stereocenters.